The number of carbonyl (C=O) groups excluding carboxylic acids is 1. The Morgan fingerprint density at radius 3 is 2.24 bits per heavy atom. The molecule has 1 amide bonds. The Morgan fingerprint density at radius 2 is 1.67 bits per heavy atom. The number of sulfonamides is 1. The van der Waals surface area contributed by atoms with Gasteiger partial charge in [-0.05, 0) is 67.6 Å². The molecule has 0 spiro atoms. The van der Waals surface area contributed by atoms with E-state index in [4.69, 9.17) is 4.74 Å². The lowest BCUT2D eigenvalue weighted by Crippen LogP contribution is -2.37. The van der Waals surface area contributed by atoms with E-state index in [0.29, 0.717) is 31.7 Å². The molecule has 2 aromatic carbocycles. The van der Waals surface area contributed by atoms with Gasteiger partial charge in [0.15, 0.2) is 0 Å². The van der Waals surface area contributed by atoms with Crippen molar-refractivity contribution in [1.82, 2.24) is 9.21 Å². The largest absolute Gasteiger partial charge is 0.378 e. The standard InChI is InChI=1S/C25H33N3O4S/c1-26(2)22-11-7-20(8-12-22)18-27(19-23-6-5-17-32-23)25(29)21-9-13-24(14-10-21)33(30,31)28-15-3-4-16-28/h7-14,23H,3-6,15-19H2,1-2H3/t23-/m0/s1. The van der Waals surface area contributed by atoms with E-state index in [2.05, 4.69) is 0 Å². The molecule has 178 valence electrons. The maximum absolute atomic E-state index is 13.4. The summed E-state index contributed by atoms with van der Waals surface area (Å²) in [5.41, 5.74) is 2.63. The molecular weight excluding hydrogens is 438 g/mol. The molecule has 2 fully saturated rings. The molecule has 0 aliphatic carbocycles. The maximum atomic E-state index is 13.4. The van der Waals surface area contributed by atoms with Gasteiger partial charge < -0.3 is 14.5 Å². The summed E-state index contributed by atoms with van der Waals surface area (Å²) in [5, 5.41) is 0. The van der Waals surface area contributed by atoms with Crippen LogP contribution in [0.25, 0.3) is 0 Å². The first kappa shape index (κ1) is 23.7. The second kappa shape index (κ2) is 10.2. The Labute approximate surface area is 197 Å². The van der Waals surface area contributed by atoms with Gasteiger partial charge in [-0.3, -0.25) is 4.79 Å². The van der Waals surface area contributed by atoms with Crippen LogP contribution in [0, 0.1) is 0 Å². The quantitative estimate of drug-likeness (QED) is 0.591. The number of anilines is 1. The molecule has 1 atom stereocenters. The summed E-state index contributed by atoms with van der Waals surface area (Å²) >= 11 is 0. The molecule has 0 bridgehead atoms. The fourth-order valence-electron chi connectivity index (χ4n) is 4.40. The van der Waals surface area contributed by atoms with Gasteiger partial charge in [-0.1, -0.05) is 12.1 Å². The van der Waals surface area contributed by atoms with Gasteiger partial charge in [0.1, 0.15) is 0 Å². The highest BCUT2D eigenvalue weighted by atomic mass is 32.2. The molecule has 0 N–H and O–H groups in total. The first-order valence-corrected chi connectivity index (χ1v) is 13.1. The average molecular weight is 472 g/mol. The second-order valence-corrected chi connectivity index (χ2v) is 11.0. The van der Waals surface area contributed by atoms with Crippen LogP contribution in [0.2, 0.25) is 0 Å². The van der Waals surface area contributed by atoms with Crippen molar-refractivity contribution in [3.05, 3.63) is 59.7 Å². The van der Waals surface area contributed by atoms with Gasteiger partial charge in [0, 0.05) is 58.1 Å². The summed E-state index contributed by atoms with van der Waals surface area (Å²) in [6.45, 7) is 2.84. The SMILES string of the molecule is CN(C)c1ccc(CN(C[C@@H]2CCCO2)C(=O)c2ccc(S(=O)(=O)N3CCCC3)cc2)cc1. The molecule has 2 aliphatic heterocycles. The molecule has 2 aromatic rings. The molecule has 2 aliphatic rings. The van der Waals surface area contributed by atoms with Crippen LogP contribution < -0.4 is 4.90 Å². The van der Waals surface area contributed by atoms with Crippen LogP contribution >= 0.6 is 0 Å². The number of nitrogens with zero attached hydrogens (tertiary/aromatic N) is 3. The van der Waals surface area contributed by atoms with Crippen molar-refractivity contribution in [3.8, 4) is 0 Å². The lowest BCUT2D eigenvalue weighted by Gasteiger charge is -2.26. The zero-order valence-electron chi connectivity index (χ0n) is 19.4. The van der Waals surface area contributed by atoms with Gasteiger partial charge in [-0.2, -0.15) is 4.31 Å². The highest BCUT2D eigenvalue weighted by Gasteiger charge is 2.28. The topological polar surface area (TPSA) is 70.2 Å². The first-order valence-electron chi connectivity index (χ1n) is 11.6. The lowest BCUT2D eigenvalue weighted by atomic mass is 10.1. The van der Waals surface area contributed by atoms with Gasteiger partial charge in [0.25, 0.3) is 5.91 Å². The van der Waals surface area contributed by atoms with E-state index < -0.39 is 10.0 Å². The summed E-state index contributed by atoms with van der Waals surface area (Å²) in [5.74, 6) is -0.118. The van der Waals surface area contributed by atoms with E-state index in [-0.39, 0.29) is 16.9 Å². The van der Waals surface area contributed by atoms with E-state index in [1.165, 1.54) is 4.31 Å². The molecule has 33 heavy (non-hydrogen) atoms. The van der Waals surface area contributed by atoms with Gasteiger partial charge >= 0.3 is 0 Å². The summed E-state index contributed by atoms with van der Waals surface area (Å²) in [6.07, 6.45) is 3.77. The Balaban J connectivity index is 1.52. The summed E-state index contributed by atoms with van der Waals surface area (Å²) in [4.78, 5) is 17.5. The van der Waals surface area contributed by atoms with Crippen molar-refractivity contribution >= 4 is 21.6 Å². The van der Waals surface area contributed by atoms with Gasteiger partial charge in [0.05, 0.1) is 11.0 Å². The Morgan fingerprint density at radius 1 is 1.00 bits per heavy atom. The van der Waals surface area contributed by atoms with Gasteiger partial charge in [0.2, 0.25) is 10.0 Å². The Bertz CT molecular complexity index is 1040. The maximum Gasteiger partial charge on any atom is 0.254 e. The predicted octanol–water partition coefficient (Wildman–Crippen LogP) is 3.36. The molecule has 0 aromatic heterocycles. The molecule has 7 nitrogen and oxygen atoms in total. The van der Waals surface area contributed by atoms with Crippen molar-refractivity contribution in [1.29, 1.82) is 0 Å². The second-order valence-electron chi connectivity index (χ2n) is 9.02. The zero-order chi connectivity index (χ0) is 23.4. The molecule has 2 saturated heterocycles. The van der Waals surface area contributed by atoms with Crippen molar-refractivity contribution in [2.24, 2.45) is 0 Å². The molecule has 8 heteroatoms. The van der Waals surface area contributed by atoms with E-state index in [1.807, 2.05) is 48.2 Å². The fraction of sp³-hybridized carbons (Fsp3) is 0.480. The Hall–Kier alpha value is -2.42. The highest BCUT2D eigenvalue weighted by molar-refractivity contribution is 7.89. The molecule has 0 unspecified atom stereocenters. The number of ether oxygens (including phenoxy) is 1. The van der Waals surface area contributed by atoms with E-state index in [9.17, 15) is 13.2 Å². The number of amides is 1. The number of carbonyl (C=O) groups is 1. The van der Waals surface area contributed by atoms with Crippen LogP contribution in [0.3, 0.4) is 0 Å². The predicted molar refractivity (Wildman–Crippen MR) is 129 cm³/mol. The molecule has 4 rings (SSSR count). The van der Waals surface area contributed by atoms with Crippen molar-refractivity contribution in [3.63, 3.8) is 0 Å². The average Bonchev–Trinajstić information content (AvgIpc) is 3.53. The number of hydrogen-bond acceptors (Lipinski definition) is 5. The van der Waals surface area contributed by atoms with Gasteiger partial charge in [-0.15, -0.1) is 0 Å². The minimum Gasteiger partial charge on any atom is -0.378 e. The van der Waals surface area contributed by atoms with E-state index in [1.54, 1.807) is 24.3 Å². The molecule has 0 radical (unpaired) electrons. The first-order chi connectivity index (χ1) is 15.8. The van der Waals surface area contributed by atoms with E-state index in [0.717, 1.165) is 43.5 Å². The van der Waals surface area contributed by atoms with Crippen LogP contribution in [0.4, 0.5) is 5.69 Å². The van der Waals surface area contributed by atoms with Crippen molar-refractivity contribution in [2.75, 3.05) is 45.2 Å². The summed E-state index contributed by atoms with van der Waals surface area (Å²) in [7, 11) is 0.496. The molecule has 2 heterocycles. The number of benzene rings is 2. The van der Waals surface area contributed by atoms with Crippen LogP contribution in [-0.4, -0.2) is 70.0 Å². The van der Waals surface area contributed by atoms with Crippen LogP contribution in [0.15, 0.2) is 53.4 Å². The summed E-state index contributed by atoms with van der Waals surface area (Å²) in [6, 6.07) is 14.5. The molecular formula is C25H33N3O4S. The van der Waals surface area contributed by atoms with Crippen LogP contribution in [-0.2, 0) is 21.3 Å². The molecule has 0 saturated carbocycles. The van der Waals surface area contributed by atoms with Gasteiger partial charge in [-0.25, -0.2) is 8.42 Å². The monoisotopic (exact) mass is 471 g/mol. The third kappa shape index (κ3) is 5.57. The number of hydrogen-bond donors (Lipinski definition) is 0. The smallest absolute Gasteiger partial charge is 0.254 e. The van der Waals surface area contributed by atoms with Crippen molar-refractivity contribution in [2.45, 2.75) is 43.2 Å². The third-order valence-electron chi connectivity index (χ3n) is 6.37. The highest BCUT2D eigenvalue weighted by Crippen LogP contribution is 2.23. The van der Waals surface area contributed by atoms with Crippen LogP contribution in [0.1, 0.15) is 41.6 Å². The lowest BCUT2D eigenvalue weighted by molar-refractivity contribution is 0.0507. The minimum absolute atomic E-state index is 0.0322. The van der Waals surface area contributed by atoms with Crippen LogP contribution in [0.5, 0.6) is 0 Å². The number of rotatable bonds is 8. The zero-order valence-corrected chi connectivity index (χ0v) is 20.3. The van der Waals surface area contributed by atoms with E-state index >= 15 is 0 Å². The Kier molecular flexibility index (Phi) is 7.36. The minimum atomic E-state index is -3.50. The van der Waals surface area contributed by atoms with Crippen molar-refractivity contribution < 1.29 is 17.9 Å². The normalized spacial score (nSPS) is 19.0. The third-order valence-corrected chi connectivity index (χ3v) is 8.28. The fourth-order valence-corrected chi connectivity index (χ4v) is 5.92. The summed E-state index contributed by atoms with van der Waals surface area (Å²) < 4.78 is 32.9.